The number of para-hydroxylation sites is 1. The van der Waals surface area contributed by atoms with E-state index in [9.17, 15) is 4.39 Å². The Morgan fingerprint density at radius 2 is 1.37 bits per heavy atom. The van der Waals surface area contributed by atoms with Gasteiger partial charge < -0.3 is 4.57 Å². The number of piperazine rings is 1. The highest BCUT2D eigenvalue weighted by atomic mass is 19.1. The van der Waals surface area contributed by atoms with E-state index < -0.39 is 0 Å². The van der Waals surface area contributed by atoms with Gasteiger partial charge in [-0.3, -0.25) is 9.80 Å². The molecule has 0 spiro atoms. The third-order valence-electron chi connectivity index (χ3n) is 6.32. The Balaban J connectivity index is 1.28. The molecule has 0 unspecified atom stereocenters. The summed E-state index contributed by atoms with van der Waals surface area (Å²) in [6.45, 7) is 9.14. The van der Waals surface area contributed by atoms with Gasteiger partial charge in [0.15, 0.2) is 0 Å². The number of hydrogen-bond donors (Lipinski definition) is 0. The molecule has 1 saturated heterocycles. The molecule has 0 saturated carbocycles. The molecule has 4 heteroatoms. The topological polar surface area (TPSA) is 11.4 Å². The van der Waals surface area contributed by atoms with Crippen molar-refractivity contribution in [2.24, 2.45) is 0 Å². The average molecular weight is 402 g/mol. The largest absolute Gasteiger partial charge is 0.341 e. The number of halogens is 1. The Kier molecular flexibility index (Phi) is 5.28. The van der Waals surface area contributed by atoms with Gasteiger partial charge in [-0.25, -0.2) is 4.39 Å². The number of nitrogens with zero attached hydrogens (tertiary/aromatic N) is 3. The molecular weight excluding hydrogens is 373 g/mol. The lowest BCUT2D eigenvalue weighted by atomic mass is 10.1. The second kappa shape index (κ2) is 8.21. The fourth-order valence-electron chi connectivity index (χ4n) is 4.80. The maximum atomic E-state index is 13.4. The molecule has 1 aliphatic rings. The third-order valence-corrected chi connectivity index (χ3v) is 6.32. The standard InChI is InChI=1S/C26H28FN3/c1-2-30-25-9-4-3-8-23(25)24-17-21(10-11-26(24)30)19-29-14-12-28(13-15-29)18-20-6-5-7-22(27)16-20/h3-11,16-17H,2,12-15,18-19H2,1H3. The summed E-state index contributed by atoms with van der Waals surface area (Å²) in [6.07, 6.45) is 0. The van der Waals surface area contributed by atoms with Crippen molar-refractivity contribution >= 4 is 21.8 Å². The minimum Gasteiger partial charge on any atom is -0.341 e. The molecule has 0 bridgehead atoms. The van der Waals surface area contributed by atoms with Crippen LogP contribution in [-0.4, -0.2) is 40.5 Å². The summed E-state index contributed by atoms with van der Waals surface area (Å²) in [4.78, 5) is 4.95. The van der Waals surface area contributed by atoms with E-state index in [0.717, 1.165) is 51.4 Å². The first-order chi connectivity index (χ1) is 14.7. The highest BCUT2D eigenvalue weighted by Crippen LogP contribution is 2.30. The van der Waals surface area contributed by atoms with Crippen LogP contribution in [0.2, 0.25) is 0 Å². The molecule has 0 N–H and O–H groups in total. The number of aryl methyl sites for hydroxylation is 1. The highest BCUT2D eigenvalue weighted by Gasteiger charge is 2.18. The van der Waals surface area contributed by atoms with Crippen molar-refractivity contribution in [2.75, 3.05) is 26.2 Å². The van der Waals surface area contributed by atoms with E-state index >= 15 is 0 Å². The Labute approximate surface area is 177 Å². The quantitative estimate of drug-likeness (QED) is 0.451. The lowest BCUT2D eigenvalue weighted by Gasteiger charge is -2.34. The van der Waals surface area contributed by atoms with Crippen LogP contribution in [0.15, 0.2) is 66.7 Å². The van der Waals surface area contributed by atoms with E-state index in [-0.39, 0.29) is 5.82 Å². The van der Waals surface area contributed by atoms with E-state index in [1.54, 1.807) is 12.1 Å². The van der Waals surface area contributed by atoms with Gasteiger partial charge in [0.05, 0.1) is 0 Å². The molecule has 2 heterocycles. The summed E-state index contributed by atoms with van der Waals surface area (Å²) >= 11 is 0. The van der Waals surface area contributed by atoms with E-state index in [1.807, 2.05) is 6.07 Å². The van der Waals surface area contributed by atoms with Gasteiger partial charge in [-0.15, -0.1) is 0 Å². The second-order valence-electron chi connectivity index (χ2n) is 8.30. The minimum atomic E-state index is -0.147. The van der Waals surface area contributed by atoms with Gasteiger partial charge in [0.1, 0.15) is 5.82 Å². The molecule has 3 nitrogen and oxygen atoms in total. The maximum absolute atomic E-state index is 13.4. The maximum Gasteiger partial charge on any atom is 0.123 e. The van der Waals surface area contributed by atoms with Gasteiger partial charge in [0, 0.05) is 67.6 Å². The Morgan fingerprint density at radius 1 is 0.700 bits per heavy atom. The fraction of sp³-hybridized carbons (Fsp3) is 0.308. The molecule has 5 rings (SSSR count). The van der Waals surface area contributed by atoms with Crippen LogP contribution in [-0.2, 0) is 19.6 Å². The van der Waals surface area contributed by atoms with E-state index in [4.69, 9.17) is 0 Å². The summed E-state index contributed by atoms with van der Waals surface area (Å²) in [6, 6.07) is 22.6. The second-order valence-corrected chi connectivity index (χ2v) is 8.30. The number of rotatable bonds is 5. The molecule has 0 aliphatic carbocycles. The first-order valence-corrected chi connectivity index (χ1v) is 10.9. The van der Waals surface area contributed by atoms with Gasteiger partial charge >= 0.3 is 0 Å². The number of hydrogen-bond acceptors (Lipinski definition) is 2. The smallest absolute Gasteiger partial charge is 0.123 e. The van der Waals surface area contributed by atoms with Crippen LogP contribution in [0.25, 0.3) is 21.8 Å². The Morgan fingerprint density at radius 3 is 2.07 bits per heavy atom. The summed E-state index contributed by atoms with van der Waals surface area (Å²) in [5.74, 6) is -0.147. The molecule has 154 valence electrons. The number of fused-ring (bicyclic) bond motifs is 3. The molecule has 1 aromatic heterocycles. The minimum absolute atomic E-state index is 0.147. The van der Waals surface area contributed by atoms with Crippen LogP contribution in [0, 0.1) is 5.82 Å². The van der Waals surface area contributed by atoms with E-state index in [2.05, 4.69) is 63.8 Å². The van der Waals surface area contributed by atoms with Crippen LogP contribution in [0.1, 0.15) is 18.1 Å². The normalized spacial score (nSPS) is 15.9. The molecule has 0 atom stereocenters. The predicted molar refractivity (Wildman–Crippen MR) is 122 cm³/mol. The molecule has 3 aromatic carbocycles. The van der Waals surface area contributed by atoms with Crippen molar-refractivity contribution in [1.82, 2.24) is 14.4 Å². The molecule has 1 fully saturated rings. The summed E-state index contributed by atoms with van der Waals surface area (Å²) in [7, 11) is 0. The molecule has 0 amide bonds. The van der Waals surface area contributed by atoms with E-state index in [0.29, 0.717) is 0 Å². The fourth-order valence-corrected chi connectivity index (χ4v) is 4.80. The van der Waals surface area contributed by atoms with Crippen LogP contribution in [0.4, 0.5) is 4.39 Å². The van der Waals surface area contributed by atoms with Crippen LogP contribution in [0.5, 0.6) is 0 Å². The Bertz CT molecular complexity index is 1170. The van der Waals surface area contributed by atoms with Gasteiger partial charge in [0.25, 0.3) is 0 Å². The van der Waals surface area contributed by atoms with Crippen LogP contribution < -0.4 is 0 Å². The highest BCUT2D eigenvalue weighted by molar-refractivity contribution is 6.08. The van der Waals surface area contributed by atoms with Gasteiger partial charge in [0.2, 0.25) is 0 Å². The van der Waals surface area contributed by atoms with E-state index in [1.165, 1.54) is 33.4 Å². The summed E-state index contributed by atoms with van der Waals surface area (Å²) in [5.41, 5.74) is 5.07. The lowest BCUT2D eigenvalue weighted by molar-refractivity contribution is 0.122. The van der Waals surface area contributed by atoms with Crippen molar-refractivity contribution in [3.8, 4) is 0 Å². The van der Waals surface area contributed by atoms with Crippen LogP contribution >= 0.6 is 0 Å². The zero-order valence-corrected chi connectivity index (χ0v) is 17.5. The lowest BCUT2D eigenvalue weighted by Crippen LogP contribution is -2.45. The van der Waals surface area contributed by atoms with Crippen molar-refractivity contribution in [2.45, 2.75) is 26.6 Å². The predicted octanol–water partition coefficient (Wildman–Crippen LogP) is 5.27. The van der Waals surface area contributed by atoms with Crippen LogP contribution in [0.3, 0.4) is 0 Å². The van der Waals surface area contributed by atoms with Crippen molar-refractivity contribution in [1.29, 1.82) is 0 Å². The van der Waals surface area contributed by atoms with Gasteiger partial charge in [-0.05, 0) is 48.4 Å². The first-order valence-electron chi connectivity index (χ1n) is 10.9. The van der Waals surface area contributed by atoms with Crippen molar-refractivity contribution in [3.05, 3.63) is 83.7 Å². The molecule has 0 radical (unpaired) electrons. The van der Waals surface area contributed by atoms with Gasteiger partial charge in [-0.2, -0.15) is 0 Å². The monoisotopic (exact) mass is 401 g/mol. The molecule has 1 aliphatic heterocycles. The first kappa shape index (κ1) is 19.3. The average Bonchev–Trinajstić information content (AvgIpc) is 3.08. The number of aromatic nitrogens is 1. The summed E-state index contributed by atoms with van der Waals surface area (Å²) < 4.78 is 15.8. The third kappa shape index (κ3) is 3.73. The molecule has 30 heavy (non-hydrogen) atoms. The molecule has 4 aromatic rings. The number of benzene rings is 3. The summed E-state index contributed by atoms with van der Waals surface area (Å²) in [5, 5.41) is 2.70. The Hall–Kier alpha value is -2.69. The van der Waals surface area contributed by atoms with Crippen molar-refractivity contribution in [3.63, 3.8) is 0 Å². The van der Waals surface area contributed by atoms with Crippen molar-refractivity contribution < 1.29 is 4.39 Å². The van der Waals surface area contributed by atoms with Gasteiger partial charge in [-0.1, -0.05) is 36.4 Å². The SMILES string of the molecule is CCn1c2ccccc2c2cc(CN3CCN(Cc4cccc(F)c4)CC3)ccc21. The molecular formula is C26H28FN3. The zero-order valence-electron chi connectivity index (χ0n) is 17.5. The zero-order chi connectivity index (χ0) is 20.5.